The molecule has 2 atom stereocenters. The fraction of sp³-hybridized carbons (Fsp3) is 0.143. The molecule has 0 aliphatic carbocycles. The maximum absolute atomic E-state index is 12.1. The zero-order valence-corrected chi connectivity index (χ0v) is 10.3. The summed E-state index contributed by atoms with van der Waals surface area (Å²) in [6.45, 7) is 0. The van der Waals surface area contributed by atoms with Crippen molar-refractivity contribution >= 4 is 5.90 Å². The van der Waals surface area contributed by atoms with E-state index >= 15 is 0 Å². The van der Waals surface area contributed by atoms with Crippen LogP contribution in [0.3, 0.4) is 0 Å². The molecule has 0 saturated carbocycles. The van der Waals surface area contributed by atoms with Crippen molar-refractivity contribution < 1.29 is 4.74 Å². The Labute approximate surface area is 114 Å². The molecule has 2 N–H and O–H groups in total. The summed E-state index contributed by atoms with van der Waals surface area (Å²) in [5.41, 5.74) is 0.727. The summed E-state index contributed by atoms with van der Waals surface area (Å²) in [7, 11) is 0. The summed E-state index contributed by atoms with van der Waals surface area (Å²) >= 11 is 0. The zero-order chi connectivity index (χ0) is 14.1. The number of aromatic nitrogens is 2. The van der Waals surface area contributed by atoms with Gasteiger partial charge >= 0.3 is 0 Å². The van der Waals surface area contributed by atoms with E-state index in [4.69, 9.17) is 10.1 Å². The number of nitrogens with one attached hydrogen (secondary N) is 2. The highest BCUT2D eigenvalue weighted by atomic mass is 16.5. The van der Waals surface area contributed by atoms with Crippen LogP contribution in [0.15, 0.2) is 41.5 Å². The van der Waals surface area contributed by atoms with Gasteiger partial charge in [0.25, 0.3) is 5.56 Å². The summed E-state index contributed by atoms with van der Waals surface area (Å²) in [5.74, 6) is -1.48. The lowest BCUT2D eigenvalue weighted by Gasteiger charge is -2.28. The van der Waals surface area contributed by atoms with Crippen molar-refractivity contribution in [1.82, 2.24) is 9.97 Å². The van der Waals surface area contributed by atoms with Crippen LogP contribution in [0.1, 0.15) is 17.0 Å². The minimum absolute atomic E-state index is 0.0964. The molecule has 0 amide bonds. The smallest absolute Gasteiger partial charge is 0.258 e. The van der Waals surface area contributed by atoms with Gasteiger partial charge in [0, 0.05) is 5.92 Å². The summed E-state index contributed by atoms with van der Waals surface area (Å²) < 4.78 is 5.20. The van der Waals surface area contributed by atoms with E-state index in [1.54, 1.807) is 0 Å². The van der Waals surface area contributed by atoms with Crippen LogP contribution >= 0.6 is 0 Å². The van der Waals surface area contributed by atoms with Gasteiger partial charge in [-0.25, -0.2) is 4.98 Å². The average molecular weight is 266 g/mol. The van der Waals surface area contributed by atoms with Crippen molar-refractivity contribution in [3.8, 4) is 11.9 Å². The Morgan fingerprint density at radius 1 is 1.35 bits per heavy atom. The minimum Gasteiger partial charge on any atom is -0.423 e. The number of hydrogen-bond acceptors (Lipinski definition) is 5. The van der Waals surface area contributed by atoms with Crippen molar-refractivity contribution in [3.63, 3.8) is 0 Å². The summed E-state index contributed by atoms with van der Waals surface area (Å²) in [6.07, 6.45) is 1.23. The van der Waals surface area contributed by atoms with Gasteiger partial charge in [0.15, 0.2) is 0 Å². The largest absolute Gasteiger partial charge is 0.423 e. The fourth-order valence-electron chi connectivity index (χ4n) is 2.39. The van der Waals surface area contributed by atoms with Gasteiger partial charge in [-0.3, -0.25) is 10.2 Å². The highest BCUT2D eigenvalue weighted by Crippen LogP contribution is 2.38. The van der Waals surface area contributed by atoms with E-state index in [-0.39, 0.29) is 17.3 Å². The molecule has 6 heteroatoms. The van der Waals surface area contributed by atoms with Gasteiger partial charge in [0.05, 0.1) is 18.0 Å². The third-order valence-corrected chi connectivity index (χ3v) is 3.28. The predicted molar refractivity (Wildman–Crippen MR) is 70.6 cm³/mol. The maximum atomic E-state index is 12.1. The van der Waals surface area contributed by atoms with Gasteiger partial charge in [-0.05, 0) is 5.56 Å². The number of nitrogens with zero attached hydrogens (tertiary/aromatic N) is 2. The molecule has 1 aliphatic heterocycles. The van der Waals surface area contributed by atoms with E-state index in [2.05, 4.69) is 9.97 Å². The quantitative estimate of drug-likeness (QED) is 0.814. The van der Waals surface area contributed by atoms with Gasteiger partial charge in [0.1, 0.15) is 5.92 Å². The first-order chi connectivity index (χ1) is 9.72. The SMILES string of the molecule is N#CC1C(=N)Oc2nc[nH]c(=O)c2C1c1ccccc1. The number of hydrogen-bond donors (Lipinski definition) is 2. The van der Waals surface area contributed by atoms with E-state index in [9.17, 15) is 10.1 Å². The topological polar surface area (TPSA) is 103 Å². The Kier molecular flexibility index (Phi) is 2.80. The Morgan fingerprint density at radius 3 is 2.80 bits per heavy atom. The summed E-state index contributed by atoms with van der Waals surface area (Å²) in [4.78, 5) is 18.5. The number of rotatable bonds is 1. The lowest BCUT2D eigenvalue weighted by atomic mass is 9.80. The maximum Gasteiger partial charge on any atom is 0.258 e. The molecule has 0 spiro atoms. The second-order valence-electron chi connectivity index (χ2n) is 4.41. The van der Waals surface area contributed by atoms with Crippen molar-refractivity contribution in [2.45, 2.75) is 5.92 Å². The van der Waals surface area contributed by atoms with E-state index < -0.39 is 11.8 Å². The van der Waals surface area contributed by atoms with Gasteiger partial charge in [-0.2, -0.15) is 5.26 Å². The molecule has 98 valence electrons. The highest BCUT2D eigenvalue weighted by Gasteiger charge is 2.39. The highest BCUT2D eigenvalue weighted by molar-refractivity contribution is 5.84. The molecule has 2 aromatic rings. The Balaban J connectivity index is 2.27. The molecule has 0 fully saturated rings. The molecule has 6 nitrogen and oxygen atoms in total. The van der Waals surface area contributed by atoms with Crippen molar-refractivity contribution in [2.24, 2.45) is 5.92 Å². The summed E-state index contributed by atoms with van der Waals surface area (Å²) in [6, 6.07) is 11.2. The monoisotopic (exact) mass is 266 g/mol. The van der Waals surface area contributed by atoms with Gasteiger partial charge in [-0.1, -0.05) is 30.3 Å². The van der Waals surface area contributed by atoms with E-state index in [1.165, 1.54) is 6.33 Å². The number of ether oxygens (including phenoxy) is 1. The van der Waals surface area contributed by atoms with Crippen molar-refractivity contribution in [2.75, 3.05) is 0 Å². The van der Waals surface area contributed by atoms with E-state index in [1.807, 2.05) is 36.4 Å². The Hall–Kier alpha value is -2.94. The summed E-state index contributed by atoms with van der Waals surface area (Å²) in [5, 5.41) is 17.1. The van der Waals surface area contributed by atoms with Crippen LogP contribution < -0.4 is 10.3 Å². The number of fused-ring (bicyclic) bond motifs is 1. The Bertz CT molecular complexity index is 761. The van der Waals surface area contributed by atoms with Gasteiger partial charge in [0.2, 0.25) is 11.8 Å². The standard InChI is InChI=1S/C14H10N4O2/c15-6-9-10(8-4-2-1-3-5-8)11-13(19)17-7-18-14(11)20-12(9)16/h1-5,7,9-10,16H,(H,17,18,19). The van der Waals surface area contributed by atoms with Crippen LogP contribution in [0.25, 0.3) is 0 Å². The number of benzene rings is 1. The normalized spacial score (nSPS) is 20.6. The average Bonchev–Trinajstić information content (AvgIpc) is 2.47. The molecule has 20 heavy (non-hydrogen) atoms. The van der Waals surface area contributed by atoms with Crippen LogP contribution in [0.4, 0.5) is 0 Å². The molecule has 2 unspecified atom stereocenters. The first kappa shape index (κ1) is 12.1. The second kappa shape index (κ2) is 4.63. The molecular weight excluding hydrogens is 256 g/mol. The number of H-pyrrole nitrogens is 1. The zero-order valence-electron chi connectivity index (χ0n) is 10.3. The van der Waals surface area contributed by atoms with Crippen molar-refractivity contribution in [3.05, 3.63) is 58.1 Å². The number of aromatic amines is 1. The predicted octanol–water partition coefficient (Wildman–Crippen LogP) is 1.41. The third-order valence-electron chi connectivity index (χ3n) is 3.28. The molecule has 1 aromatic heterocycles. The molecule has 1 aliphatic rings. The van der Waals surface area contributed by atoms with E-state index in [0.29, 0.717) is 5.56 Å². The van der Waals surface area contributed by atoms with Gasteiger partial charge < -0.3 is 9.72 Å². The van der Waals surface area contributed by atoms with Crippen LogP contribution in [-0.4, -0.2) is 15.9 Å². The molecule has 0 saturated heterocycles. The molecule has 1 aromatic carbocycles. The Morgan fingerprint density at radius 2 is 2.10 bits per heavy atom. The van der Waals surface area contributed by atoms with Crippen LogP contribution in [-0.2, 0) is 0 Å². The lowest BCUT2D eigenvalue weighted by Crippen LogP contribution is -2.35. The molecule has 3 rings (SSSR count). The number of nitriles is 1. The second-order valence-corrected chi connectivity index (χ2v) is 4.41. The van der Waals surface area contributed by atoms with Crippen LogP contribution in [0, 0.1) is 22.7 Å². The van der Waals surface area contributed by atoms with E-state index in [0.717, 1.165) is 5.56 Å². The lowest BCUT2D eigenvalue weighted by molar-refractivity contribution is 0.429. The van der Waals surface area contributed by atoms with Gasteiger partial charge in [-0.15, -0.1) is 0 Å². The minimum atomic E-state index is -0.838. The van der Waals surface area contributed by atoms with Crippen molar-refractivity contribution in [1.29, 1.82) is 10.7 Å². The van der Waals surface area contributed by atoms with Crippen LogP contribution in [0.5, 0.6) is 5.88 Å². The molecule has 0 bridgehead atoms. The molecule has 0 radical (unpaired) electrons. The first-order valence-electron chi connectivity index (χ1n) is 6.01. The molecular formula is C14H10N4O2. The first-order valence-corrected chi connectivity index (χ1v) is 6.01. The molecule has 2 heterocycles. The fourth-order valence-corrected chi connectivity index (χ4v) is 2.39. The third kappa shape index (κ3) is 1.77. The van der Waals surface area contributed by atoms with Crippen LogP contribution in [0.2, 0.25) is 0 Å².